The molecule has 0 amide bonds. The van der Waals surface area contributed by atoms with Gasteiger partial charge in [-0.3, -0.25) is 0 Å². The van der Waals surface area contributed by atoms with Crippen molar-refractivity contribution in [1.82, 2.24) is 10.0 Å². The van der Waals surface area contributed by atoms with Crippen LogP contribution >= 0.6 is 0 Å². The summed E-state index contributed by atoms with van der Waals surface area (Å²) >= 11 is 0. The molecule has 1 saturated heterocycles. The minimum Gasteiger partial charge on any atom is -0.313 e. The van der Waals surface area contributed by atoms with Gasteiger partial charge >= 0.3 is 0 Å². The van der Waals surface area contributed by atoms with E-state index in [2.05, 4.69) is 10.0 Å². The third-order valence-electron chi connectivity index (χ3n) is 2.31. The lowest BCUT2D eigenvalue weighted by atomic mass is 10.2. The zero-order valence-electron chi connectivity index (χ0n) is 8.21. The van der Waals surface area contributed by atoms with Gasteiger partial charge in [0.1, 0.15) is 0 Å². The fraction of sp³-hybridized carbons (Fsp3) is 1.00. The summed E-state index contributed by atoms with van der Waals surface area (Å²) in [5, 5.41) is 2.90. The van der Waals surface area contributed by atoms with Gasteiger partial charge in [-0.2, -0.15) is 0 Å². The summed E-state index contributed by atoms with van der Waals surface area (Å²) in [7, 11) is -3.08. The highest BCUT2D eigenvalue weighted by Crippen LogP contribution is 2.04. The number of sulfonamides is 1. The van der Waals surface area contributed by atoms with E-state index < -0.39 is 10.0 Å². The molecule has 0 aromatic rings. The summed E-state index contributed by atoms with van der Waals surface area (Å²) in [6.45, 7) is 4.91. The number of hydrogen-bond acceptors (Lipinski definition) is 3. The van der Waals surface area contributed by atoms with Crippen LogP contribution in [0.25, 0.3) is 0 Å². The molecule has 0 saturated carbocycles. The van der Waals surface area contributed by atoms with Gasteiger partial charge in [-0.1, -0.05) is 0 Å². The normalized spacial score (nSPS) is 24.1. The number of nitrogens with one attached hydrogen (secondary N) is 2. The second kappa shape index (κ2) is 4.39. The first-order valence-corrected chi connectivity index (χ1v) is 6.29. The van der Waals surface area contributed by atoms with E-state index in [1.807, 2.05) is 0 Å². The molecule has 1 rings (SSSR count). The fourth-order valence-corrected chi connectivity index (χ4v) is 2.08. The van der Waals surface area contributed by atoms with Crippen molar-refractivity contribution in [2.24, 2.45) is 0 Å². The van der Waals surface area contributed by atoms with E-state index in [0.29, 0.717) is 12.6 Å². The van der Waals surface area contributed by atoms with Crippen molar-refractivity contribution in [2.75, 3.05) is 13.1 Å². The zero-order valence-corrected chi connectivity index (χ0v) is 9.02. The Morgan fingerprint density at radius 1 is 1.54 bits per heavy atom. The van der Waals surface area contributed by atoms with E-state index in [1.54, 1.807) is 13.8 Å². The van der Waals surface area contributed by atoms with Crippen molar-refractivity contribution in [1.29, 1.82) is 0 Å². The van der Waals surface area contributed by atoms with Crippen LogP contribution in [0.3, 0.4) is 0 Å². The lowest BCUT2D eigenvalue weighted by Gasteiger charge is -2.13. The molecule has 1 aliphatic heterocycles. The molecule has 1 unspecified atom stereocenters. The smallest absolute Gasteiger partial charge is 0.213 e. The molecule has 0 aromatic heterocycles. The Balaban J connectivity index is 2.33. The highest BCUT2D eigenvalue weighted by atomic mass is 32.2. The monoisotopic (exact) mass is 206 g/mol. The lowest BCUT2D eigenvalue weighted by molar-refractivity contribution is 0.545. The first-order chi connectivity index (χ1) is 6.02. The highest BCUT2D eigenvalue weighted by molar-refractivity contribution is 7.90. The van der Waals surface area contributed by atoms with E-state index in [0.717, 1.165) is 19.4 Å². The van der Waals surface area contributed by atoms with Crippen molar-refractivity contribution < 1.29 is 8.42 Å². The third-order valence-corrected chi connectivity index (χ3v) is 4.12. The van der Waals surface area contributed by atoms with Crippen LogP contribution in [0.4, 0.5) is 0 Å². The van der Waals surface area contributed by atoms with Crippen LogP contribution < -0.4 is 10.0 Å². The molecule has 4 nitrogen and oxygen atoms in total. The topological polar surface area (TPSA) is 58.2 Å². The average molecular weight is 206 g/mol. The first-order valence-electron chi connectivity index (χ1n) is 4.74. The second-order valence-electron chi connectivity index (χ2n) is 3.74. The molecule has 2 N–H and O–H groups in total. The molecule has 1 fully saturated rings. The Morgan fingerprint density at radius 3 is 2.69 bits per heavy atom. The van der Waals surface area contributed by atoms with Gasteiger partial charge in [-0.25, -0.2) is 13.1 Å². The standard InChI is InChI=1S/C8H18N2O2S/c1-7(2)13(11,12)10-6-8-4-3-5-9-8/h7-10H,3-6H2,1-2H3. The van der Waals surface area contributed by atoms with Crippen LogP contribution in [0.5, 0.6) is 0 Å². The zero-order chi connectivity index (χ0) is 9.90. The van der Waals surface area contributed by atoms with Gasteiger partial charge in [-0.15, -0.1) is 0 Å². The summed E-state index contributed by atoms with van der Waals surface area (Å²) < 4.78 is 25.3. The van der Waals surface area contributed by atoms with Crippen molar-refractivity contribution in [3.8, 4) is 0 Å². The first kappa shape index (κ1) is 10.9. The molecule has 78 valence electrons. The van der Waals surface area contributed by atoms with Crippen molar-refractivity contribution in [3.63, 3.8) is 0 Å². The summed E-state index contributed by atoms with van der Waals surface area (Å²) in [5.74, 6) is 0. The summed E-state index contributed by atoms with van der Waals surface area (Å²) in [6, 6.07) is 0.327. The molecular weight excluding hydrogens is 188 g/mol. The molecule has 0 aliphatic carbocycles. The molecular formula is C8H18N2O2S. The highest BCUT2D eigenvalue weighted by Gasteiger charge is 2.19. The molecule has 0 bridgehead atoms. The molecule has 1 atom stereocenters. The van der Waals surface area contributed by atoms with Gasteiger partial charge in [0.15, 0.2) is 0 Å². The number of hydrogen-bond donors (Lipinski definition) is 2. The maximum absolute atomic E-state index is 11.3. The van der Waals surface area contributed by atoms with E-state index in [1.165, 1.54) is 0 Å². The van der Waals surface area contributed by atoms with Crippen LogP contribution in [0.1, 0.15) is 26.7 Å². The van der Waals surface area contributed by atoms with Gasteiger partial charge in [-0.05, 0) is 33.2 Å². The van der Waals surface area contributed by atoms with Crippen LogP contribution in [0, 0.1) is 0 Å². The molecule has 0 radical (unpaired) electrons. The quantitative estimate of drug-likeness (QED) is 0.684. The average Bonchev–Trinajstić information content (AvgIpc) is 2.52. The number of rotatable bonds is 4. The van der Waals surface area contributed by atoms with Crippen LogP contribution in [-0.4, -0.2) is 32.8 Å². The van der Waals surface area contributed by atoms with Crippen LogP contribution in [-0.2, 0) is 10.0 Å². The SMILES string of the molecule is CC(C)S(=O)(=O)NCC1CCCN1. The summed E-state index contributed by atoms with van der Waals surface area (Å²) in [6.07, 6.45) is 2.22. The van der Waals surface area contributed by atoms with Crippen molar-refractivity contribution >= 4 is 10.0 Å². The van der Waals surface area contributed by atoms with Gasteiger partial charge in [0, 0.05) is 12.6 Å². The third kappa shape index (κ3) is 3.25. The summed E-state index contributed by atoms with van der Waals surface area (Å²) in [4.78, 5) is 0. The second-order valence-corrected chi connectivity index (χ2v) is 6.06. The Morgan fingerprint density at radius 2 is 2.23 bits per heavy atom. The molecule has 1 aliphatic rings. The minimum atomic E-state index is -3.08. The Hall–Kier alpha value is -0.130. The van der Waals surface area contributed by atoms with E-state index >= 15 is 0 Å². The maximum Gasteiger partial charge on any atom is 0.213 e. The van der Waals surface area contributed by atoms with E-state index in [4.69, 9.17) is 0 Å². The predicted octanol–water partition coefficient (Wildman–Crippen LogP) is 0.0662. The van der Waals surface area contributed by atoms with Crippen molar-refractivity contribution in [3.05, 3.63) is 0 Å². The maximum atomic E-state index is 11.3. The van der Waals surface area contributed by atoms with Gasteiger partial charge in [0.25, 0.3) is 0 Å². The molecule has 13 heavy (non-hydrogen) atoms. The molecule has 0 aromatic carbocycles. The predicted molar refractivity (Wildman–Crippen MR) is 53.1 cm³/mol. The largest absolute Gasteiger partial charge is 0.313 e. The van der Waals surface area contributed by atoms with Crippen LogP contribution in [0.15, 0.2) is 0 Å². The Kier molecular flexibility index (Phi) is 3.70. The fourth-order valence-electron chi connectivity index (χ4n) is 1.31. The summed E-state index contributed by atoms with van der Waals surface area (Å²) in [5.41, 5.74) is 0. The van der Waals surface area contributed by atoms with E-state index in [9.17, 15) is 8.42 Å². The molecule has 1 heterocycles. The lowest BCUT2D eigenvalue weighted by Crippen LogP contribution is -2.39. The van der Waals surface area contributed by atoms with Crippen LogP contribution in [0.2, 0.25) is 0 Å². The molecule has 0 spiro atoms. The van der Waals surface area contributed by atoms with Gasteiger partial charge in [0.05, 0.1) is 5.25 Å². The van der Waals surface area contributed by atoms with Crippen molar-refractivity contribution in [2.45, 2.75) is 38.0 Å². The molecule has 5 heteroatoms. The Labute approximate surface area is 80.1 Å². The van der Waals surface area contributed by atoms with Gasteiger partial charge < -0.3 is 5.32 Å². The minimum absolute atomic E-state index is 0.327. The van der Waals surface area contributed by atoms with Gasteiger partial charge in [0.2, 0.25) is 10.0 Å². The van der Waals surface area contributed by atoms with E-state index in [-0.39, 0.29) is 5.25 Å². The Bertz CT molecular complexity index is 243.